The maximum atomic E-state index is 12.1. The van der Waals surface area contributed by atoms with Gasteiger partial charge < -0.3 is 14.6 Å². The standard InChI is InChI=1S/C17H22N4O3/c1-10-8-11(2)19-17(18-10)23-14-6-4-13(5-7-14)20-16(22)15-9-12(3)24-21-15/h8-9,13-14H,4-7H2,1-3H3,(H,20,22). The van der Waals surface area contributed by atoms with Gasteiger partial charge in [0.25, 0.3) is 5.91 Å². The summed E-state index contributed by atoms with van der Waals surface area (Å²) in [4.78, 5) is 20.7. The lowest BCUT2D eigenvalue weighted by molar-refractivity contribution is 0.0876. The summed E-state index contributed by atoms with van der Waals surface area (Å²) in [6, 6.07) is 4.14. The number of ether oxygens (including phenoxy) is 1. The highest BCUT2D eigenvalue weighted by atomic mass is 16.5. The van der Waals surface area contributed by atoms with Crippen LogP contribution in [-0.2, 0) is 0 Å². The Kier molecular flexibility index (Phi) is 4.78. The van der Waals surface area contributed by atoms with Crippen LogP contribution in [0.1, 0.15) is 53.3 Å². The van der Waals surface area contributed by atoms with Crippen LogP contribution in [0.2, 0.25) is 0 Å². The van der Waals surface area contributed by atoms with Gasteiger partial charge in [-0.25, -0.2) is 9.97 Å². The summed E-state index contributed by atoms with van der Waals surface area (Å²) < 4.78 is 10.8. The number of rotatable bonds is 4. The van der Waals surface area contributed by atoms with Gasteiger partial charge in [0.2, 0.25) is 0 Å². The van der Waals surface area contributed by atoms with Crippen molar-refractivity contribution in [2.24, 2.45) is 0 Å². The molecule has 1 N–H and O–H groups in total. The van der Waals surface area contributed by atoms with Gasteiger partial charge in [-0.1, -0.05) is 5.16 Å². The fraction of sp³-hybridized carbons (Fsp3) is 0.529. The number of nitrogens with zero attached hydrogens (tertiary/aromatic N) is 3. The number of hydrogen-bond acceptors (Lipinski definition) is 6. The lowest BCUT2D eigenvalue weighted by Gasteiger charge is -2.28. The zero-order chi connectivity index (χ0) is 17.1. The minimum Gasteiger partial charge on any atom is -0.460 e. The highest BCUT2D eigenvalue weighted by Gasteiger charge is 2.25. The van der Waals surface area contributed by atoms with Crippen molar-refractivity contribution in [2.45, 2.75) is 58.6 Å². The van der Waals surface area contributed by atoms with E-state index in [1.165, 1.54) is 0 Å². The van der Waals surface area contributed by atoms with Crippen LogP contribution in [-0.4, -0.2) is 33.2 Å². The normalized spacial score (nSPS) is 20.6. The fourth-order valence-electron chi connectivity index (χ4n) is 2.95. The van der Waals surface area contributed by atoms with Crippen LogP contribution in [0.25, 0.3) is 0 Å². The first-order valence-electron chi connectivity index (χ1n) is 8.23. The molecule has 1 fully saturated rings. The van der Waals surface area contributed by atoms with E-state index in [0.29, 0.717) is 17.5 Å². The number of hydrogen-bond donors (Lipinski definition) is 1. The summed E-state index contributed by atoms with van der Waals surface area (Å²) in [6.45, 7) is 5.63. The third-order valence-corrected chi connectivity index (χ3v) is 4.10. The molecule has 0 spiro atoms. The molecule has 2 heterocycles. The Balaban J connectivity index is 1.49. The van der Waals surface area contributed by atoms with Crippen molar-refractivity contribution in [1.82, 2.24) is 20.4 Å². The maximum Gasteiger partial charge on any atom is 0.317 e. The number of aryl methyl sites for hydroxylation is 3. The van der Waals surface area contributed by atoms with Gasteiger partial charge in [-0.2, -0.15) is 0 Å². The van der Waals surface area contributed by atoms with Gasteiger partial charge in [-0.05, 0) is 52.5 Å². The number of amides is 1. The van der Waals surface area contributed by atoms with Crippen molar-refractivity contribution in [3.63, 3.8) is 0 Å². The minimum absolute atomic E-state index is 0.0913. The van der Waals surface area contributed by atoms with Crippen molar-refractivity contribution >= 4 is 5.91 Å². The van der Waals surface area contributed by atoms with Crippen molar-refractivity contribution in [3.05, 3.63) is 35.0 Å². The van der Waals surface area contributed by atoms with Crippen LogP contribution in [0, 0.1) is 20.8 Å². The van der Waals surface area contributed by atoms with Gasteiger partial charge in [-0.3, -0.25) is 4.79 Å². The van der Waals surface area contributed by atoms with Crippen molar-refractivity contribution < 1.29 is 14.1 Å². The van der Waals surface area contributed by atoms with E-state index >= 15 is 0 Å². The molecule has 0 aliphatic heterocycles. The second-order valence-electron chi connectivity index (χ2n) is 6.32. The summed E-state index contributed by atoms with van der Waals surface area (Å²) >= 11 is 0. The monoisotopic (exact) mass is 330 g/mol. The van der Waals surface area contributed by atoms with Crippen LogP contribution < -0.4 is 10.1 Å². The van der Waals surface area contributed by atoms with Gasteiger partial charge in [0.1, 0.15) is 11.9 Å². The van der Waals surface area contributed by atoms with E-state index in [1.807, 2.05) is 19.9 Å². The summed E-state index contributed by atoms with van der Waals surface area (Å²) in [5, 5.41) is 6.74. The molecule has 0 atom stereocenters. The molecule has 7 nitrogen and oxygen atoms in total. The summed E-state index contributed by atoms with van der Waals surface area (Å²) in [5.74, 6) is 0.444. The van der Waals surface area contributed by atoms with Gasteiger partial charge in [0, 0.05) is 23.5 Å². The lowest BCUT2D eigenvalue weighted by Crippen LogP contribution is -2.40. The predicted octanol–water partition coefficient (Wildman–Crippen LogP) is 2.51. The largest absolute Gasteiger partial charge is 0.460 e. The first kappa shape index (κ1) is 16.4. The number of nitrogens with one attached hydrogen (secondary N) is 1. The van der Waals surface area contributed by atoms with Gasteiger partial charge >= 0.3 is 6.01 Å². The Morgan fingerprint density at radius 3 is 2.38 bits per heavy atom. The Morgan fingerprint density at radius 2 is 1.79 bits per heavy atom. The fourth-order valence-corrected chi connectivity index (χ4v) is 2.95. The van der Waals surface area contributed by atoms with Crippen LogP contribution in [0.15, 0.2) is 16.7 Å². The van der Waals surface area contributed by atoms with E-state index in [9.17, 15) is 4.79 Å². The average Bonchev–Trinajstić information content (AvgIpc) is 2.95. The minimum atomic E-state index is -0.186. The van der Waals surface area contributed by atoms with Crippen molar-refractivity contribution in [2.75, 3.05) is 0 Å². The van der Waals surface area contributed by atoms with E-state index in [0.717, 1.165) is 37.1 Å². The Bertz CT molecular complexity index is 700. The Hall–Kier alpha value is -2.44. The second kappa shape index (κ2) is 6.98. The molecule has 2 aromatic heterocycles. The van der Waals surface area contributed by atoms with E-state index in [4.69, 9.17) is 9.26 Å². The summed E-state index contributed by atoms with van der Waals surface area (Å²) in [5.41, 5.74) is 2.14. The topological polar surface area (TPSA) is 90.1 Å². The van der Waals surface area contributed by atoms with Crippen molar-refractivity contribution in [3.8, 4) is 6.01 Å². The molecule has 2 aromatic rings. The third-order valence-electron chi connectivity index (χ3n) is 4.10. The Labute approximate surface area is 140 Å². The highest BCUT2D eigenvalue weighted by Crippen LogP contribution is 2.23. The molecular weight excluding hydrogens is 308 g/mol. The van der Waals surface area contributed by atoms with Gasteiger partial charge in [0.05, 0.1) is 0 Å². The molecule has 24 heavy (non-hydrogen) atoms. The molecule has 1 aliphatic carbocycles. The molecule has 0 radical (unpaired) electrons. The second-order valence-corrected chi connectivity index (χ2v) is 6.32. The molecule has 0 aromatic carbocycles. The number of aromatic nitrogens is 3. The smallest absolute Gasteiger partial charge is 0.317 e. The molecule has 128 valence electrons. The highest BCUT2D eigenvalue weighted by molar-refractivity contribution is 5.92. The maximum absolute atomic E-state index is 12.1. The third kappa shape index (κ3) is 4.10. The van der Waals surface area contributed by atoms with Crippen LogP contribution in [0.5, 0.6) is 6.01 Å². The molecule has 3 rings (SSSR count). The zero-order valence-electron chi connectivity index (χ0n) is 14.2. The van der Waals surface area contributed by atoms with Crippen LogP contribution >= 0.6 is 0 Å². The first-order valence-corrected chi connectivity index (χ1v) is 8.23. The van der Waals surface area contributed by atoms with Crippen LogP contribution in [0.3, 0.4) is 0 Å². The molecule has 7 heteroatoms. The SMILES string of the molecule is Cc1cc(C)nc(OC2CCC(NC(=O)c3cc(C)on3)CC2)n1. The number of carbonyl (C=O) groups excluding carboxylic acids is 1. The average molecular weight is 330 g/mol. The zero-order valence-corrected chi connectivity index (χ0v) is 14.2. The lowest BCUT2D eigenvalue weighted by atomic mass is 9.93. The van der Waals surface area contributed by atoms with E-state index in [1.54, 1.807) is 13.0 Å². The van der Waals surface area contributed by atoms with Crippen LogP contribution in [0.4, 0.5) is 0 Å². The quantitative estimate of drug-likeness (QED) is 0.926. The van der Waals surface area contributed by atoms with Gasteiger partial charge in [-0.15, -0.1) is 0 Å². The molecule has 1 saturated carbocycles. The molecule has 0 unspecified atom stereocenters. The van der Waals surface area contributed by atoms with Crippen molar-refractivity contribution in [1.29, 1.82) is 0 Å². The predicted molar refractivity (Wildman–Crippen MR) is 86.9 cm³/mol. The van der Waals surface area contributed by atoms with E-state index in [2.05, 4.69) is 20.4 Å². The molecule has 0 bridgehead atoms. The first-order chi connectivity index (χ1) is 11.5. The molecule has 1 aliphatic rings. The Morgan fingerprint density at radius 1 is 1.12 bits per heavy atom. The van der Waals surface area contributed by atoms with Gasteiger partial charge in [0.15, 0.2) is 5.69 Å². The summed E-state index contributed by atoms with van der Waals surface area (Å²) in [6.07, 6.45) is 3.53. The van der Waals surface area contributed by atoms with E-state index in [-0.39, 0.29) is 18.1 Å². The van der Waals surface area contributed by atoms with E-state index < -0.39 is 0 Å². The molecular formula is C17H22N4O3. The number of carbonyl (C=O) groups is 1. The summed E-state index contributed by atoms with van der Waals surface area (Å²) in [7, 11) is 0. The molecule has 1 amide bonds. The molecule has 0 saturated heterocycles.